The maximum atomic E-state index is 12.0. The Morgan fingerprint density at radius 1 is 1.16 bits per heavy atom. The van der Waals surface area contributed by atoms with E-state index in [0.717, 1.165) is 18.8 Å². The van der Waals surface area contributed by atoms with Gasteiger partial charge < -0.3 is 15.0 Å². The fourth-order valence-corrected chi connectivity index (χ4v) is 2.38. The molecule has 0 saturated carbocycles. The third-order valence-corrected chi connectivity index (χ3v) is 3.68. The van der Waals surface area contributed by atoms with Crippen LogP contribution in [0.3, 0.4) is 0 Å². The topological polar surface area (TPSA) is 84.7 Å². The van der Waals surface area contributed by atoms with Gasteiger partial charge in [0, 0.05) is 30.5 Å². The molecule has 0 saturated heterocycles. The van der Waals surface area contributed by atoms with Crippen LogP contribution in [0.5, 0.6) is 5.75 Å². The quantitative estimate of drug-likeness (QED) is 0.586. The summed E-state index contributed by atoms with van der Waals surface area (Å²) in [6.45, 7) is 5.78. The second-order valence-corrected chi connectivity index (χ2v) is 5.31. The summed E-state index contributed by atoms with van der Waals surface area (Å²) in [6, 6.07) is 13.3. The van der Waals surface area contributed by atoms with Crippen LogP contribution in [0.2, 0.25) is 0 Å². The van der Waals surface area contributed by atoms with Gasteiger partial charge in [-0.25, -0.2) is 0 Å². The number of nitrogens with zero attached hydrogens (tertiary/aromatic N) is 2. The van der Waals surface area contributed by atoms with E-state index in [1.807, 2.05) is 24.3 Å². The van der Waals surface area contributed by atoms with E-state index in [1.54, 1.807) is 6.07 Å². The van der Waals surface area contributed by atoms with E-state index >= 15 is 0 Å². The van der Waals surface area contributed by atoms with Crippen LogP contribution >= 0.6 is 0 Å². The Bertz CT molecular complexity index is 727. The van der Waals surface area contributed by atoms with Crippen LogP contribution in [0.4, 0.5) is 17.1 Å². The van der Waals surface area contributed by atoms with Gasteiger partial charge in [0.1, 0.15) is 5.75 Å². The highest BCUT2D eigenvalue weighted by Crippen LogP contribution is 2.20. The molecule has 0 spiro atoms. The molecular weight excluding hydrogens is 322 g/mol. The highest BCUT2D eigenvalue weighted by Gasteiger charge is 2.09. The fourth-order valence-electron chi connectivity index (χ4n) is 2.38. The SMILES string of the molecule is CCN(CC)c1ccc(NC(=O)COc2cccc([N+](=O)[O-])c2)cc1. The molecule has 2 aromatic rings. The van der Waals surface area contributed by atoms with Gasteiger partial charge in [-0.1, -0.05) is 6.07 Å². The van der Waals surface area contributed by atoms with Crippen molar-refractivity contribution in [2.45, 2.75) is 13.8 Å². The Labute approximate surface area is 146 Å². The summed E-state index contributed by atoms with van der Waals surface area (Å²) in [5.74, 6) is -0.0525. The average Bonchev–Trinajstić information content (AvgIpc) is 2.62. The molecule has 2 rings (SSSR count). The largest absolute Gasteiger partial charge is 0.484 e. The first kappa shape index (κ1) is 18.3. The van der Waals surface area contributed by atoms with E-state index in [1.165, 1.54) is 18.2 Å². The first-order valence-electron chi connectivity index (χ1n) is 8.05. The van der Waals surface area contributed by atoms with Gasteiger partial charge in [-0.2, -0.15) is 0 Å². The zero-order valence-corrected chi connectivity index (χ0v) is 14.3. The fraction of sp³-hybridized carbons (Fsp3) is 0.278. The Kier molecular flexibility index (Phi) is 6.33. The highest BCUT2D eigenvalue weighted by molar-refractivity contribution is 5.92. The van der Waals surface area contributed by atoms with Gasteiger partial charge in [0.05, 0.1) is 11.0 Å². The Balaban J connectivity index is 1.90. The lowest BCUT2D eigenvalue weighted by molar-refractivity contribution is -0.384. The van der Waals surface area contributed by atoms with E-state index in [-0.39, 0.29) is 24.0 Å². The van der Waals surface area contributed by atoms with Crippen LogP contribution < -0.4 is 15.0 Å². The molecule has 0 heterocycles. The number of anilines is 2. The predicted octanol–water partition coefficient (Wildman–Crippen LogP) is 3.46. The number of nitro benzene ring substituents is 1. The first-order chi connectivity index (χ1) is 12.0. The predicted molar refractivity (Wildman–Crippen MR) is 97.2 cm³/mol. The van der Waals surface area contributed by atoms with Crippen molar-refractivity contribution in [2.24, 2.45) is 0 Å². The minimum atomic E-state index is -0.510. The van der Waals surface area contributed by atoms with Crippen molar-refractivity contribution in [1.29, 1.82) is 0 Å². The standard InChI is InChI=1S/C18H21N3O4/c1-3-20(4-2)15-10-8-14(9-11-15)19-18(22)13-25-17-7-5-6-16(12-17)21(23)24/h5-12H,3-4,13H2,1-2H3,(H,19,22). The number of hydrogen-bond acceptors (Lipinski definition) is 5. The monoisotopic (exact) mass is 343 g/mol. The van der Waals surface area contributed by atoms with E-state index < -0.39 is 4.92 Å². The number of amides is 1. The number of nitrogens with one attached hydrogen (secondary N) is 1. The third kappa shape index (κ3) is 5.20. The van der Waals surface area contributed by atoms with Crippen molar-refractivity contribution in [3.8, 4) is 5.75 Å². The molecule has 1 N–H and O–H groups in total. The van der Waals surface area contributed by atoms with Gasteiger partial charge in [-0.3, -0.25) is 14.9 Å². The number of carbonyl (C=O) groups excluding carboxylic acids is 1. The first-order valence-corrected chi connectivity index (χ1v) is 8.05. The lowest BCUT2D eigenvalue weighted by atomic mass is 10.2. The van der Waals surface area contributed by atoms with Crippen molar-refractivity contribution in [3.63, 3.8) is 0 Å². The van der Waals surface area contributed by atoms with Crippen molar-refractivity contribution in [3.05, 3.63) is 58.6 Å². The normalized spacial score (nSPS) is 10.2. The van der Waals surface area contributed by atoms with Crippen LogP contribution in [-0.2, 0) is 4.79 Å². The van der Waals surface area contributed by atoms with Gasteiger partial charge in [-0.15, -0.1) is 0 Å². The summed E-state index contributed by atoms with van der Waals surface area (Å²) in [6.07, 6.45) is 0. The van der Waals surface area contributed by atoms with Crippen LogP contribution in [-0.4, -0.2) is 30.5 Å². The number of carbonyl (C=O) groups is 1. The van der Waals surface area contributed by atoms with Gasteiger partial charge in [0.25, 0.3) is 11.6 Å². The van der Waals surface area contributed by atoms with Crippen LogP contribution in [0.25, 0.3) is 0 Å². The van der Waals surface area contributed by atoms with Gasteiger partial charge in [-0.05, 0) is 44.2 Å². The highest BCUT2D eigenvalue weighted by atomic mass is 16.6. The summed E-state index contributed by atoms with van der Waals surface area (Å²) in [5, 5.41) is 13.5. The smallest absolute Gasteiger partial charge is 0.273 e. The molecule has 1 amide bonds. The molecule has 0 radical (unpaired) electrons. The maximum Gasteiger partial charge on any atom is 0.273 e. The van der Waals surface area contributed by atoms with Crippen LogP contribution in [0, 0.1) is 10.1 Å². The number of ether oxygens (including phenoxy) is 1. The molecule has 0 fully saturated rings. The minimum Gasteiger partial charge on any atom is -0.484 e. The minimum absolute atomic E-state index is 0.0788. The summed E-state index contributed by atoms with van der Waals surface area (Å²) >= 11 is 0. The van der Waals surface area contributed by atoms with Crippen LogP contribution in [0.1, 0.15) is 13.8 Å². The summed E-state index contributed by atoms with van der Waals surface area (Å²) < 4.78 is 5.30. The lowest BCUT2D eigenvalue weighted by Crippen LogP contribution is -2.22. The molecule has 0 aliphatic carbocycles. The maximum absolute atomic E-state index is 12.0. The number of non-ortho nitro benzene ring substituents is 1. The Morgan fingerprint density at radius 3 is 2.44 bits per heavy atom. The molecule has 132 valence electrons. The van der Waals surface area contributed by atoms with E-state index in [2.05, 4.69) is 24.1 Å². The Morgan fingerprint density at radius 2 is 1.84 bits per heavy atom. The number of benzene rings is 2. The number of hydrogen-bond donors (Lipinski definition) is 1. The van der Waals surface area contributed by atoms with Crippen LogP contribution in [0.15, 0.2) is 48.5 Å². The molecule has 0 unspecified atom stereocenters. The molecule has 0 atom stereocenters. The third-order valence-electron chi connectivity index (χ3n) is 3.68. The van der Waals surface area contributed by atoms with Gasteiger partial charge in [0.2, 0.25) is 0 Å². The number of rotatable bonds is 8. The van der Waals surface area contributed by atoms with Gasteiger partial charge >= 0.3 is 0 Å². The van der Waals surface area contributed by atoms with Gasteiger partial charge in [0.15, 0.2) is 6.61 Å². The van der Waals surface area contributed by atoms with E-state index in [9.17, 15) is 14.9 Å². The average molecular weight is 343 g/mol. The molecular formula is C18H21N3O4. The zero-order chi connectivity index (χ0) is 18.2. The van der Waals surface area contributed by atoms with E-state index in [4.69, 9.17) is 4.74 Å². The van der Waals surface area contributed by atoms with Crippen molar-refractivity contribution in [1.82, 2.24) is 0 Å². The second-order valence-electron chi connectivity index (χ2n) is 5.31. The van der Waals surface area contributed by atoms with Crippen molar-refractivity contribution in [2.75, 3.05) is 29.9 Å². The zero-order valence-electron chi connectivity index (χ0n) is 14.3. The summed E-state index contributed by atoms with van der Waals surface area (Å²) in [5.41, 5.74) is 1.68. The molecule has 25 heavy (non-hydrogen) atoms. The molecule has 0 aliphatic heterocycles. The molecule has 2 aromatic carbocycles. The second kappa shape index (κ2) is 8.68. The molecule has 0 bridgehead atoms. The molecule has 0 aromatic heterocycles. The lowest BCUT2D eigenvalue weighted by Gasteiger charge is -2.21. The Hall–Kier alpha value is -3.09. The van der Waals surface area contributed by atoms with E-state index in [0.29, 0.717) is 5.69 Å². The summed E-state index contributed by atoms with van der Waals surface area (Å²) in [7, 11) is 0. The molecule has 0 aliphatic rings. The summed E-state index contributed by atoms with van der Waals surface area (Å²) in [4.78, 5) is 24.4. The number of nitro groups is 1. The molecule has 7 heteroatoms. The molecule has 7 nitrogen and oxygen atoms in total. The van der Waals surface area contributed by atoms with Crippen molar-refractivity contribution < 1.29 is 14.5 Å². The van der Waals surface area contributed by atoms with Crippen molar-refractivity contribution >= 4 is 23.0 Å².